The Morgan fingerprint density at radius 2 is 1.97 bits per heavy atom. The van der Waals surface area contributed by atoms with E-state index >= 15 is 0 Å². The second kappa shape index (κ2) is 10.6. The van der Waals surface area contributed by atoms with Crippen LogP contribution in [0.4, 0.5) is 5.69 Å². The van der Waals surface area contributed by atoms with Crippen molar-refractivity contribution in [1.82, 2.24) is 0 Å². The average molecular weight is 435 g/mol. The van der Waals surface area contributed by atoms with E-state index in [0.29, 0.717) is 23.4 Å². The van der Waals surface area contributed by atoms with Gasteiger partial charge < -0.3 is 10.1 Å². The summed E-state index contributed by atoms with van der Waals surface area (Å²) in [5.41, 5.74) is 6.09. The van der Waals surface area contributed by atoms with E-state index in [9.17, 15) is 9.70 Å². The van der Waals surface area contributed by atoms with Crippen LogP contribution in [-0.2, 0) is 17.6 Å². The van der Waals surface area contributed by atoms with E-state index < -0.39 is 0 Å². The van der Waals surface area contributed by atoms with Crippen molar-refractivity contribution >= 4 is 11.6 Å². The molecule has 0 aromatic heterocycles. The fourth-order valence-electron chi connectivity index (χ4n) is 4.21. The van der Waals surface area contributed by atoms with Crippen LogP contribution in [0.3, 0.4) is 0 Å². The highest BCUT2D eigenvalue weighted by molar-refractivity contribution is 6.06. The maximum atomic E-state index is 12.9. The summed E-state index contributed by atoms with van der Waals surface area (Å²) in [6.45, 7) is 10.3. The monoisotopic (exact) mass is 434 g/mol. The van der Waals surface area contributed by atoms with Gasteiger partial charge in [-0.2, -0.15) is 0 Å². The van der Waals surface area contributed by atoms with E-state index in [0.717, 1.165) is 48.1 Å². The standard InChI is InChI=1S/C27H34N2O3/c1-6-8-9-20-15-21(11-13-25(20)32-17(3)4)28-27(30)24-16-23(26(24)29-31)22-12-10-19(7-2)14-18(22)5/h10-15,17,23H,6-9,16H2,1-5H3,(H,28,30). The number of ether oxygens (including phenoxy) is 1. The van der Waals surface area contributed by atoms with E-state index in [4.69, 9.17) is 4.74 Å². The first kappa shape index (κ1) is 23.7. The maximum absolute atomic E-state index is 12.9. The summed E-state index contributed by atoms with van der Waals surface area (Å²) in [5, 5.41) is 6.19. The number of nitrogens with zero attached hydrogens (tertiary/aromatic N) is 1. The van der Waals surface area contributed by atoms with Crippen LogP contribution in [0.25, 0.3) is 0 Å². The molecule has 0 fully saturated rings. The Labute approximate surface area is 191 Å². The summed E-state index contributed by atoms with van der Waals surface area (Å²) < 4.78 is 5.93. The summed E-state index contributed by atoms with van der Waals surface area (Å²) in [6.07, 6.45) is 4.60. The molecule has 5 nitrogen and oxygen atoms in total. The predicted octanol–water partition coefficient (Wildman–Crippen LogP) is 6.83. The molecule has 1 N–H and O–H groups in total. The molecule has 1 unspecified atom stereocenters. The van der Waals surface area contributed by atoms with Gasteiger partial charge in [-0.1, -0.05) is 38.5 Å². The number of nitrogens with one attached hydrogen (secondary N) is 1. The van der Waals surface area contributed by atoms with E-state index in [1.807, 2.05) is 39.0 Å². The number of carbonyl (C=O) groups excluding carboxylic acids is 1. The second-order valence-electron chi connectivity index (χ2n) is 8.80. The molecular weight excluding hydrogens is 400 g/mol. The van der Waals surface area contributed by atoms with E-state index in [1.165, 1.54) is 5.56 Å². The SMILES string of the molecule is CCCCc1cc(NC(=O)C2=C(N=O)C(c3ccc(CC)cc3C)C2)ccc1OC(C)C. The van der Waals surface area contributed by atoms with Crippen LogP contribution < -0.4 is 10.1 Å². The van der Waals surface area contributed by atoms with Gasteiger partial charge in [0.1, 0.15) is 11.4 Å². The zero-order valence-corrected chi connectivity index (χ0v) is 19.8. The van der Waals surface area contributed by atoms with Crippen molar-refractivity contribution in [2.45, 2.75) is 78.7 Å². The smallest absolute Gasteiger partial charge is 0.253 e. The molecule has 1 aliphatic carbocycles. The minimum atomic E-state index is -0.252. The van der Waals surface area contributed by atoms with Gasteiger partial charge in [-0.15, -0.1) is 4.91 Å². The molecule has 3 rings (SSSR count). The van der Waals surface area contributed by atoms with E-state index in [-0.39, 0.29) is 17.9 Å². The number of amides is 1. The predicted molar refractivity (Wildman–Crippen MR) is 130 cm³/mol. The van der Waals surface area contributed by atoms with Gasteiger partial charge in [-0.05, 0) is 92.1 Å². The minimum Gasteiger partial charge on any atom is -0.491 e. The number of carbonyl (C=O) groups is 1. The molecule has 2 aromatic rings. The van der Waals surface area contributed by atoms with Crippen LogP contribution in [0.2, 0.25) is 0 Å². The van der Waals surface area contributed by atoms with Crippen LogP contribution in [-0.4, -0.2) is 12.0 Å². The summed E-state index contributed by atoms with van der Waals surface area (Å²) >= 11 is 0. The number of hydrogen-bond acceptors (Lipinski definition) is 4. The molecule has 0 aliphatic heterocycles. The van der Waals surface area contributed by atoms with Crippen molar-refractivity contribution in [2.24, 2.45) is 5.18 Å². The third-order valence-corrected chi connectivity index (χ3v) is 6.02. The fourth-order valence-corrected chi connectivity index (χ4v) is 4.21. The molecule has 170 valence electrons. The molecule has 0 heterocycles. The highest BCUT2D eigenvalue weighted by atomic mass is 16.5. The number of rotatable bonds is 10. The van der Waals surface area contributed by atoms with Gasteiger partial charge >= 0.3 is 0 Å². The van der Waals surface area contributed by atoms with Crippen molar-refractivity contribution in [3.63, 3.8) is 0 Å². The van der Waals surface area contributed by atoms with Gasteiger partial charge in [-0.3, -0.25) is 4.79 Å². The molecular formula is C27H34N2O3. The normalized spacial score (nSPS) is 15.5. The zero-order valence-electron chi connectivity index (χ0n) is 19.8. The molecule has 0 radical (unpaired) electrons. The Bertz CT molecular complexity index is 1020. The maximum Gasteiger partial charge on any atom is 0.253 e. The Morgan fingerprint density at radius 3 is 2.59 bits per heavy atom. The highest BCUT2D eigenvalue weighted by Crippen LogP contribution is 2.45. The number of hydrogen-bond donors (Lipinski definition) is 1. The van der Waals surface area contributed by atoms with Crippen molar-refractivity contribution in [3.8, 4) is 5.75 Å². The topological polar surface area (TPSA) is 67.8 Å². The molecule has 0 bridgehead atoms. The lowest BCUT2D eigenvalue weighted by molar-refractivity contribution is -0.113. The summed E-state index contributed by atoms with van der Waals surface area (Å²) in [6, 6.07) is 12.0. The minimum absolute atomic E-state index is 0.0870. The largest absolute Gasteiger partial charge is 0.491 e. The molecule has 0 saturated heterocycles. The third kappa shape index (κ3) is 5.26. The molecule has 5 heteroatoms. The summed E-state index contributed by atoms with van der Waals surface area (Å²) in [4.78, 5) is 24.5. The first-order valence-electron chi connectivity index (χ1n) is 11.6. The number of allylic oxidation sites excluding steroid dienone is 1. The molecule has 0 spiro atoms. The van der Waals surface area contributed by atoms with Crippen LogP contribution in [0, 0.1) is 11.8 Å². The summed E-state index contributed by atoms with van der Waals surface area (Å²) in [5.74, 6) is 0.495. The van der Waals surface area contributed by atoms with E-state index in [2.05, 4.69) is 42.5 Å². The Kier molecular flexibility index (Phi) is 7.84. The van der Waals surface area contributed by atoms with Crippen LogP contribution in [0.15, 0.2) is 52.8 Å². The van der Waals surface area contributed by atoms with Gasteiger partial charge in [-0.25, -0.2) is 0 Å². The quantitative estimate of drug-likeness (QED) is 0.417. The van der Waals surface area contributed by atoms with Gasteiger partial charge in [0.25, 0.3) is 5.91 Å². The van der Waals surface area contributed by atoms with Crippen molar-refractivity contribution < 1.29 is 9.53 Å². The van der Waals surface area contributed by atoms with Gasteiger partial charge in [0, 0.05) is 17.2 Å². The number of anilines is 1. The fraction of sp³-hybridized carbons (Fsp3) is 0.444. The van der Waals surface area contributed by atoms with Crippen LogP contribution in [0.1, 0.15) is 75.1 Å². The van der Waals surface area contributed by atoms with Crippen LogP contribution in [0.5, 0.6) is 5.75 Å². The molecule has 32 heavy (non-hydrogen) atoms. The molecule has 1 aliphatic rings. The zero-order chi connectivity index (χ0) is 23.3. The summed E-state index contributed by atoms with van der Waals surface area (Å²) in [7, 11) is 0. The lowest BCUT2D eigenvalue weighted by Gasteiger charge is -2.30. The number of aryl methyl sites for hydroxylation is 3. The van der Waals surface area contributed by atoms with Crippen molar-refractivity contribution in [3.05, 3.63) is 74.8 Å². The average Bonchev–Trinajstić information content (AvgIpc) is 2.74. The first-order valence-corrected chi connectivity index (χ1v) is 11.6. The van der Waals surface area contributed by atoms with Gasteiger partial charge in [0.2, 0.25) is 0 Å². The van der Waals surface area contributed by atoms with Crippen molar-refractivity contribution in [2.75, 3.05) is 5.32 Å². The number of nitroso groups, excluding NO2 is 1. The Hall–Kier alpha value is -2.95. The van der Waals surface area contributed by atoms with Gasteiger partial charge in [0.05, 0.1) is 6.10 Å². The Morgan fingerprint density at radius 1 is 1.19 bits per heavy atom. The second-order valence-corrected chi connectivity index (χ2v) is 8.80. The highest BCUT2D eigenvalue weighted by Gasteiger charge is 2.37. The number of unbranched alkanes of at least 4 members (excludes halogenated alkanes) is 1. The van der Waals surface area contributed by atoms with Crippen molar-refractivity contribution in [1.29, 1.82) is 0 Å². The first-order chi connectivity index (χ1) is 15.4. The van der Waals surface area contributed by atoms with Gasteiger partial charge in [0.15, 0.2) is 0 Å². The van der Waals surface area contributed by atoms with Crippen LogP contribution >= 0.6 is 0 Å². The Balaban J connectivity index is 1.79. The molecule has 0 saturated carbocycles. The molecule has 2 aromatic carbocycles. The lowest BCUT2D eigenvalue weighted by atomic mass is 9.75. The molecule has 1 atom stereocenters. The van der Waals surface area contributed by atoms with E-state index in [1.54, 1.807) is 0 Å². The lowest BCUT2D eigenvalue weighted by Crippen LogP contribution is -2.26. The number of benzene rings is 2. The molecule has 1 amide bonds. The third-order valence-electron chi connectivity index (χ3n) is 6.02.